The van der Waals surface area contributed by atoms with Crippen LogP contribution < -0.4 is 0 Å². The number of carbonyl (C=O) groups is 1. The zero-order valence-corrected chi connectivity index (χ0v) is 9.84. The van der Waals surface area contributed by atoms with Crippen LogP contribution in [0.15, 0.2) is 0 Å². The Morgan fingerprint density at radius 3 is 2.69 bits per heavy atom. The first kappa shape index (κ1) is 11.2. The molecule has 0 bridgehead atoms. The summed E-state index contributed by atoms with van der Waals surface area (Å²) in [4.78, 5) is 18.4. The predicted molar refractivity (Wildman–Crippen MR) is 60.5 cm³/mol. The second-order valence-corrected chi connectivity index (χ2v) is 5.00. The van der Waals surface area contributed by atoms with Gasteiger partial charge in [-0.3, -0.25) is 4.79 Å². The van der Waals surface area contributed by atoms with Crippen molar-refractivity contribution in [1.82, 2.24) is 9.97 Å². The molecule has 0 spiro atoms. The number of hydrogen-bond donors (Lipinski definition) is 2. The normalized spacial score (nSPS) is 18.9. The lowest BCUT2D eigenvalue weighted by Gasteiger charge is -2.20. The van der Waals surface area contributed by atoms with E-state index in [-0.39, 0.29) is 11.8 Å². The molecule has 0 aromatic carbocycles. The number of aromatic nitrogens is 2. The Kier molecular flexibility index (Phi) is 2.74. The molecule has 4 nitrogen and oxygen atoms in total. The molecule has 1 aliphatic carbocycles. The zero-order valence-electron chi connectivity index (χ0n) is 9.84. The number of H-pyrrole nitrogens is 1. The van der Waals surface area contributed by atoms with Crippen molar-refractivity contribution >= 4 is 5.97 Å². The number of rotatable bonds is 3. The fraction of sp³-hybridized carbons (Fsp3) is 0.667. The predicted octanol–water partition coefficient (Wildman–Crippen LogP) is 2.18. The Morgan fingerprint density at radius 1 is 1.50 bits per heavy atom. The fourth-order valence-electron chi connectivity index (χ4n) is 2.49. The molecule has 0 unspecified atom stereocenters. The van der Waals surface area contributed by atoms with E-state index in [9.17, 15) is 4.79 Å². The van der Waals surface area contributed by atoms with Gasteiger partial charge in [-0.2, -0.15) is 0 Å². The van der Waals surface area contributed by atoms with E-state index in [1.165, 1.54) is 12.8 Å². The highest BCUT2D eigenvalue weighted by Crippen LogP contribution is 2.39. The van der Waals surface area contributed by atoms with E-state index < -0.39 is 5.97 Å². The van der Waals surface area contributed by atoms with E-state index >= 15 is 0 Å². The van der Waals surface area contributed by atoms with Crippen LogP contribution in [0.25, 0.3) is 0 Å². The molecule has 2 rings (SSSR count). The molecular formula is C12H18N2O2. The van der Waals surface area contributed by atoms with Gasteiger partial charge in [0.2, 0.25) is 0 Å². The lowest BCUT2D eigenvalue weighted by molar-refractivity contribution is -0.136. The van der Waals surface area contributed by atoms with Gasteiger partial charge in [-0.1, -0.05) is 19.8 Å². The minimum Gasteiger partial charge on any atom is -0.481 e. The van der Waals surface area contributed by atoms with Crippen LogP contribution in [0.4, 0.5) is 0 Å². The van der Waals surface area contributed by atoms with Crippen LogP contribution in [0.2, 0.25) is 0 Å². The number of carboxylic acid groups (broad SMARTS) is 1. The number of aliphatic carboxylic acids is 1. The van der Waals surface area contributed by atoms with Gasteiger partial charge in [0.05, 0.1) is 12.1 Å². The molecule has 1 heterocycles. The summed E-state index contributed by atoms with van der Waals surface area (Å²) in [6.45, 7) is 4.11. The van der Waals surface area contributed by atoms with Crippen molar-refractivity contribution in [1.29, 1.82) is 0 Å². The summed E-state index contributed by atoms with van der Waals surface area (Å²) in [5.74, 6) is 0.150. The molecule has 1 saturated carbocycles. The average Bonchev–Trinajstić information content (AvgIpc) is 2.75. The van der Waals surface area contributed by atoms with Gasteiger partial charge in [-0.05, 0) is 19.8 Å². The van der Waals surface area contributed by atoms with Gasteiger partial charge < -0.3 is 10.1 Å². The number of nitrogens with zero attached hydrogens (tertiary/aromatic N) is 1. The highest BCUT2D eigenvalue weighted by molar-refractivity contribution is 5.69. The first-order chi connectivity index (χ1) is 7.51. The van der Waals surface area contributed by atoms with Crippen molar-refractivity contribution < 1.29 is 9.90 Å². The van der Waals surface area contributed by atoms with Crippen molar-refractivity contribution in [2.75, 3.05) is 0 Å². The van der Waals surface area contributed by atoms with E-state index in [4.69, 9.17) is 5.11 Å². The molecule has 0 amide bonds. The van der Waals surface area contributed by atoms with E-state index in [2.05, 4.69) is 16.9 Å². The Hall–Kier alpha value is -1.32. The second-order valence-electron chi connectivity index (χ2n) is 5.00. The number of hydrogen-bond acceptors (Lipinski definition) is 2. The molecule has 88 valence electrons. The SMILES string of the molecule is Cc1[nH]c(C2(C)CCCC2)nc1CC(=O)O. The average molecular weight is 222 g/mol. The van der Waals surface area contributed by atoms with Crippen LogP contribution in [0.1, 0.15) is 49.8 Å². The molecular weight excluding hydrogens is 204 g/mol. The molecule has 1 aromatic heterocycles. The highest BCUT2D eigenvalue weighted by atomic mass is 16.4. The molecule has 2 N–H and O–H groups in total. The van der Waals surface area contributed by atoms with Gasteiger partial charge in [0.1, 0.15) is 5.82 Å². The van der Waals surface area contributed by atoms with E-state index in [0.717, 1.165) is 24.4 Å². The summed E-state index contributed by atoms with van der Waals surface area (Å²) >= 11 is 0. The number of aryl methyl sites for hydroxylation is 1. The van der Waals surface area contributed by atoms with E-state index in [1.54, 1.807) is 0 Å². The van der Waals surface area contributed by atoms with Gasteiger partial charge in [0, 0.05) is 11.1 Å². The molecule has 1 aromatic rings. The summed E-state index contributed by atoms with van der Waals surface area (Å²) in [6.07, 6.45) is 4.78. The Labute approximate surface area is 95.1 Å². The third kappa shape index (κ3) is 1.96. The fourth-order valence-corrected chi connectivity index (χ4v) is 2.49. The van der Waals surface area contributed by atoms with Crippen molar-refractivity contribution in [2.45, 2.75) is 51.4 Å². The van der Waals surface area contributed by atoms with Crippen LogP contribution in [-0.4, -0.2) is 21.0 Å². The van der Waals surface area contributed by atoms with Crippen LogP contribution in [0.5, 0.6) is 0 Å². The van der Waals surface area contributed by atoms with Crippen LogP contribution in [-0.2, 0) is 16.6 Å². The molecule has 0 saturated heterocycles. The van der Waals surface area contributed by atoms with Crippen LogP contribution in [0.3, 0.4) is 0 Å². The summed E-state index contributed by atoms with van der Waals surface area (Å²) < 4.78 is 0. The van der Waals surface area contributed by atoms with E-state index in [1.807, 2.05) is 6.92 Å². The standard InChI is InChI=1S/C12H18N2O2/c1-8-9(7-10(15)16)14-11(13-8)12(2)5-3-4-6-12/h3-7H2,1-2H3,(H,13,14)(H,15,16). The van der Waals surface area contributed by atoms with Crippen molar-refractivity contribution in [3.8, 4) is 0 Å². The Bertz CT molecular complexity index is 403. The maximum Gasteiger partial charge on any atom is 0.309 e. The second kappa shape index (κ2) is 3.92. The minimum atomic E-state index is -0.822. The van der Waals surface area contributed by atoms with Crippen LogP contribution in [0, 0.1) is 6.92 Å². The summed E-state index contributed by atoms with van der Waals surface area (Å²) in [5.41, 5.74) is 1.70. The number of nitrogens with one attached hydrogen (secondary N) is 1. The smallest absolute Gasteiger partial charge is 0.309 e. The van der Waals surface area contributed by atoms with Gasteiger partial charge in [-0.25, -0.2) is 4.98 Å². The molecule has 1 fully saturated rings. The highest BCUT2D eigenvalue weighted by Gasteiger charge is 2.33. The van der Waals surface area contributed by atoms with E-state index in [0.29, 0.717) is 5.69 Å². The summed E-state index contributed by atoms with van der Waals surface area (Å²) in [7, 11) is 0. The van der Waals surface area contributed by atoms with Gasteiger partial charge >= 0.3 is 5.97 Å². The van der Waals surface area contributed by atoms with Crippen molar-refractivity contribution in [2.24, 2.45) is 0 Å². The topological polar surface area (TPSA) is 66.0 Å². The summed E-state index contributed by atoms with van der Waals surface area (Å²) in [6, 6.07) is 0. The van der Waals surface area contributed by atoms with Crippen molar-refractivity contribution in [3.63, 3.8) is 0 Å². The van der Waals surface area contributed by atoms with Crippen molar-refractivity contribution in [3.05, 3.63) is 17.2 Å². The number of aromatic amines is 1. The van der Waals surface area contributed by atoms with Gasteiger partial charge in [0.25, 0.3) is 0 Å². The summed E-state index contributed by atoms with van der Waals surface area (Å²) in [5, 5.41) is 8.78. The molecule has 4 heteroatoms. The Balaban J connectivity index is 2.26. The first-order valence-corrected chi connectivity index (χ1v) is 5.79. The Morgan fingerprint density at radius 2 is 2.12 bits per heavy atom. The molecule has 0 aliphatic heterocycles. The quantitative estimate of drug-likeness (QED) is 0.823. The maximum atomic E-state index is 10.7. The third-order valence-electron chi connectivity index (χ3n) is 3.58. The zero-order chi connectivity index (χ0) is 11.8. The minimum absolute atomic E-state index is 0.0123. The third-order valence-corrected chi connectivity index (χ3v) is 3.58. The van der Waals surface area contributed by atoms with Gasteiger partial charge in [0.15, 0.2) is 0 Å². The maximum absolute atomic E-state index is 10.7. The number of imidazole rings is 1. The lowest BCUT2D eigenvalue weighted by Crippen LogP contribution is -2.18. The first-order valence-electron chi connectivity index (χ1n) is 5.79. The lowest BCUT2D eigenvalue weighted by atomic mass is 9.88. The largest absolute Gasteiger partial charge is 0.481 e. The molecule has 0 radical (unpaired) electrons. The van der Waals surface area contributed by atoms with Gasteiger partial charge in [-0.15, -0.1) is 0 Å². The number of carboxylic acids is 1. The molecule has 0 atom stereocenters. The van der Waals surface area contributed by atoms with Crippen LogP contribution >= 0.6 is 0 Å². The molecule has 16 heavy (non-hydrogen) atoms. The monoisotopic (exact) mass is 222 g/mol. The molecule has 1 aliphatic rings.